The monoisotopic (exact) mass is 467 g/mol. The maximum Gasteiger partial charge on any atom is 0.266 e. The molecule has 0 fully saturated rings. The highest BCUT2D eigenvalue weighted by atomic mass is 35.5. The molecule has 2 heterocycles. The van der Waals surface area contributed by atoms with Gasteiger partial charge in [-0.1, -0.05) is 29.8 Å². The van der Waals surface area contributed by atoms with Crippen molar-refractivity contribution in [3.05, 3.63) is 70.4 Å². The van der Waals surface area contributed by atoms with E-state index in [4.69, 9.17) is 16.3 Å². The molecule has 0 saturated carbocycles. The molecule has 8 nitrogen and oxygen atoms in total. The quantitative estimate of drug-likeness (QED) is 0.466. The molecule has 10 heteroatoms. The topological polar surface area (TPSA) is 110 Å². The highest BCUT2D eigenvalue weighted by molar-refractivity contribution is 7.92. The molecule has 0 amide bonds. The van der Waals surface area contributed by atoms with Gasteiger partial charge in [-0.05, 0) is 49.2 Å². The van der Waals surface area contributed by atoms with E-state index in [0.717, 1.165) is 22.0 Å². The normalized spacial score (nSPS) is 11.3. The van der Waals surface area contributed by atoms with Crippen LogP contribution in [-0.4, -0.2) is 30.3 Å². The molecule has 2 aromatic carbocycles. The van der Waals surface area contributed by atoms with Gasteiger partial charge >= 0.3 is 0 Å². The number of aryl methyl sites for hydroxylation is 2. The second-order valence-electron chi connectivity index (χ2n) is 7.10. The lowest BCUT2D eigenvalue weighted by molar-refractivity contribution is 0.403. The minimum absolute atomic E-state index is 0.0330. The third kappa shape index (κ3) is 3.75. The van der Waals surface area contributed by atoms with Gasteiger partial charge in [0.05, 0.1) is 18.8 Å². The van der Waals surface area contributed by atoms with Crippen LogP contribution in [0.3, 0.4) is 0 Å². The summed E-state index contributed by atoms with van der Waals surface area (Å²) in [5, 5.41) is 15.0. The molecular weight excluding hydrogens is 450 g/mol. The van der Waals surface area contributed by atoms with Gasteiger partial charge in [0.15, 0.2) is 11.6 Å². The molecule has 0 atom stereocenters. The van der Waals surface area contributed by atoms with Crippen LogP contribution in [0.25, 0.3) is 16.7 Å². The largest absolute Gasteiger partial charge is 0.495 e. The lowest BCUT2D eigenvalue weighted by Gasteiger charge is -2.14. The van der Waals surface area contributed by atoms with Gasteiger partial charge in [-0.15, -0.1) is 0 Å². The Labute approximate surface area is 190 Å². The van der Waals surface area contributed by atoms with Gasteiger partial charge in [0.1, 0.15) is 22.3 Å². The van der Waals surface area contributed by atoms with Crippen LogP contribution in [0.1, 0.15) is 16.7 Å². The van der Waals surface area contributed by atoms with E-state index in [2.05, 4.69) is 14.8 Å². The standard InChI is InChI=1S/C22H18ClN5O3S/c1-13-5-4-6-17-14(2)9-20(26-21(13)17)28-22(15(11-24)12-25-28)27-32(29,30)19-10-16(23)7-8-18(19)31-3/h4-10,12,27H,1-3H3. The molecule has 32 heavy (non-hydrogen) atoms. The minimum atomic E-state index is -4.17. The molecule has 4 aromatic rings. The zero-order valence-electron chi connectivity index (χ0n) is 17.4. The Morgan fingerprint density at radius 2 is 1.94 bits per heavy atom. The molecule has 0 radical (unpaired) electrons. The van der Waals surface area contributed by atoms with Gasteiger partial charge in [0.25, 0.3) is 10.0 Å². The van der Waals surface area contributed by atoms with Gasteiger partial charge in [-0.25, -0.2) is 13.4 Å². The molecule has 4 rings (SSSR count). The summed E-state index contributed by atoms with van der Waals surface area (Å²) in [6.07, 6.45) is 1.28. The number of nitriles is 1. The Kier molecular flexibility index (Phi) is 5.50. The van der Waals surface area contributed by atoms with E-state index in [9.17, 15) is 13.7 Å². The summed E-state index contributed by atoms with van der Waals surface area (Å²) in [6.45, 7) is 3.87. The van der Waals surface area contributed by atoms with Crippen LogP contribution in [0.15, 0.2) is 53.6 Å². The molecule has 0 aliphatic rings. The van der Waals surface area contributed by atoms with Crippen molar-refractivity contribution in [3.8, 4) is 17.6 Å². The molecule has 0 aliphatic heterocycles. The molecule has 0 saturated heterocycles. The number of methoxy groups -OCH3 is 1. The summed E-state index contributed by atoms with van der Waals surface area (Å²) < 4.78 is 35.3. The van der Waals surface area contributed by atoms with Gasteiger partial charge in [-0.3, -0.25) is 4.72 Å². The van der Waals surface area contributed by atoms with Crippen molar-refractivity contribution in [3.63, 3.8) is 0 Å². The number of halogens is 1. The van der Waals surface area contributed by atoms with E-state index in [0.29, 0.717) is 5.82 Å². The fourth-order valence-electron chi connectivity index (χ4n) is 3.40. The third-order valence-corrected chi connectivity index (χ3v) is 6.58. The summed E-state index contributed by atoms with van der Waals surface area (Å²) >= 11 is 6.01. The Hall–Kier alpha value is -3.61. The van der Waals surface area contributed by atoms with E-state index in [-0.39, 0.29) is 27.0 Å². The third-order valence-electron chi connectivity index (χ3n) is 4.99. The van der Waals surface area contributed by atoms with E-state index >= 15 is 0 Å². The first-order valence-electron chi connectivity index (χ1n) is 9.47. The number of rotatable bonds is 5. The highest BCUT2D eigenvalue weighted by Crippen LogP contribution is 2.31. The predicted octanol–water partition coefficient (Wildman–Crippen LogP) is 4.37. The van der Waals surface area contributed by atoms with Crippen LogP contribution in [-0.2, 0) is 10.0 Å². The number of para-hydroxylation sites is 1. The number of hydrogen-bond acceptors (Lipinski definition) is 6. The highest BCUT2D eigenvalue weighted by Gasteiger charge is 2.25. The molecule has 2 aromatic heterocycles. The van der Waals surface area contributed by atoms with E-state index < -0.39 is 10.0 Å². The zero-order valence-corrected chi connectivity index (χ0v) is 19.0. The number of pyridine rings is 1. The molecule has 0 bridgehead atoms. The fraction of sp³-hybridized carbons (Fsp3) is 0.136. The smallest absolute Gasteiger partial charge is 0.266 e. The Bertz CT molecular complexity index is 1510. The van der Waals surface area contributed by atoms with Crippen molar-refractivity contribution in [2.75, 3.05) is 11.8 Å². The number of nitrogens with one attached hydrogen (secondary N) is 1. The number of benzene rings is 2. The number of ether oxygens (including phenoxy) is 1. The summed E-state index contributed by atoms with van der Waals surface area (Å²) in [6, 6.07) is 13.9. The first-order chi connectivity index (χ1) is 15.2. The maximum atomic E-state index is 13.2. The van der Waals surface area contributed by atoms with Crippen molar-refractivity contribution in [1.82, 2.24) is 14.8 Å². The summed E-state index contributed by atoms with van der Waals surface area (Å²) in [5.74, 6) is 0.456. The summed E-state index contributed by atoms with van der Waals surface area (Å²) in [5.41, 5.74) is 2.71. The van der Waals surface area contributed by atoms with Gasteiger partial charge in [0.2, 0.25) is 0 Å². The predicted molar refractivity (Wildman–Crippen MR) is 122 cm³/mol. The first kappa shape index (κ1) is 21.6. The summed E-state index contributed by atoms with van der Waals surface area (Å²) in [7, 11) is -2.81. The van der Waals surface area contributed by atoms with Crippen molar-refractivity contribution >= 4 is 38.3 Å². The second-order valence-corrected chi connectivity index (χ2v) is 9.19. The van der Waals surface area contributed by atoms with E-state index in [1.165, 1.54) is 36.2 Å². The molecular formula is C22H18ClN5O3S. The van der Waals surface area contributed by atoms with Crippen LogP contribution in [0.2, 0.25) is 5.02 Å². The number of nitrogens with zero attached hydrogens (tertiary/aromatic N) is 4. The molecule has 162 valence electrons. The SMILES string of the molecule is COc1ccc(Cl)cc1S(=O)(=O)Nc1c(C#N)cnn1-c1cc(C)c2cccc(C)c2n1. The van der Waals surface area contributed by atoms with Gasteiger partial charge in [-0.2, -0.15) is 15.0 Å². The van der Waals surface area contributed by atoms with Gasteiger partial charge < -0.3 is 4.74 Å². The Balaban J connectivity index is 1.88. The van der Waals surface area contributed by atoms with Crippen molar-refractivity contribution in [2.24, 2.45) is 0 Å². The van der Waals surface area contributed by atoms with Crippen LogP contribution in [0, 0.1) is 25.2 Å². The van der Waals surface area contributed by atoms with Crippen LogP contribution in [0.4, 0.5) is 5.82 Å². The zero-order chi connectivity index (χ0) is 23.0. The molecule has 1 N–H and O–H groups in total. The van der Waals surface area contributed by atoms with Crippen molar-refractivity contribution in [2.45, 2.75) is 18.7 Å². The number of fused-ring (bicyclic) bond motifs is 1. The lowest BCUT2D eigenvalue weighted by Crippen LogP contribution is -2.18. The minimum Gasteiger partial charge on any atom is -0.495 e. The first-order valence-corrected chi connectivity index (χ1v) is 11.3. The van der Waals surface area contributed by atoms with E-state index in [1.807, 2.05) is 38.1 Å². The lowest BCUT2D eigenvalue weighted by atomic mass is 10.1. The van der Waals surface area contributed by atoms with Crippen molar-refractivity contribution in [1.29, 1.82) is 5.26 Å². The maximum absolute atomic E-state index is 13.2. The van der Waals surface area contributed by atoms with E-state index in [1.54, 1.807) is 6.07 Å². The average molecular weight is 468 g/mol. The number of sulfonamides is 1. The number of aromatic nitrogens is 3. The molecule has 0 spiro atoms. The number of hydrogen-bond donors (Lipinski definition) is 1. The Morgan fingerprint density at radius 3 is 2.66 bits per heavy atom. The van der Waals surface area contributed by atoms with Gasteiger partial charge in [0, 0.05) is 10.4 Å². The van der Waals surface area contributed by atoms with Crippen LogP contribution in [0.5, 0.6) is 5.75 Å². The molecule has 0 unspecified atom stereocenters. The fourth-order valence-corrected chi connectivity index (χ4v) is 4.89. The van der Waals surface area contributed by atoms with Crippen molar-refractivity contribution < 1.29 is 13.2 Å². The van der Waals surface area contributed by atoms with Crippen LogP contribution < -0.4 is 9.46 Å². The summed E-state index contributed by atoms with van der Waals surface area (Å²) in [4.78, 5) is 4.51. The number of anilines is 1. The van der Waals surface area contributed by atoms with Crippen LogP contribution >= 0.6 is 11.6 Å². The second kappa shape index (κ2) is 8.15. The average Bonchev–Trinajstić information content (AvgIpc) is 3.16. The molecule has 0 aliphatic carbocycles. The Morgan fingerprint density at radius 1 is 1.16 bits per heavy atom.